The smallest absolute Gasteiger partial charge is 0.0821 e. The Morgan fingerprint density at radius 1 is 1.31 bits per heavy atom. The normalized spacial score (nSPS) is 26.2. The van der Waals surface area contributed by atoms with Gasteiger partial charge in [-0.15, -0.1) is 0 Å². The molecule has 1 aliphatic carbocycles. The average Bonchev–Trinajstić information content (AvgIpc) is 2.38. The Hall–Kier alpha value is -0.820. The van der Waals surface area contributed by atoms with E-state index in [2.05, 4.69) is 32.9 Å². The largest absolute Gasteiger partial charge is 0.388 e. The monoisotopic (exact) mass is 176 g/mol. The summed E-state index contributed by atoms with van der Waals surface area (Å²) in [7, 11) is 0. The molecular formula is C12H16O. The highest BCUT2D eigenvalue weighted by molar-refractivity contribution is 5.44. The van der Waals surface area contributed by atoms with Crippen molar-refractivity contribution < 1.29 is 5.11 Å². The van der Waals surface area contributed by atoms with Crippen LogP contribution in [-0.2, 0) is 6.42 Å². The summed E-state index contributed by atoms with van der Waals surface area (Å²) in [6, 6.07) is 4.18. The molecule has 0 saturated heterocycles. The van der Waals surface area contributed by atoms with Crippen LogP contribution in [0.5, 0.6) is 0 Å². The summed E-state index contributed by atoms with van der Waals surface area (Å²) in [4.78, 5) is 0. The van der Waals surface area contributed by atoms with Crippen LogP contribution in [0.1, 0.15) is 35.3 Å². The third kappa shape index (κ3) is 1.19. The number of aliphatic hydroxyl groups is 1. The fraction of sp³-hybridized carbons (Fsp3) is 0.500. The van der Waals surface area contributed by atoms with Gasteiger partial charge in [0, 0.05) is 0 Å². The summed E-state index contributed by atoms with van der Waals surface area (Å²) >= 11 is 0. The topological polar surface area (TPSA) is 20.2 Å². The van der Waals surface area contributed by atoms with Crippen molar-refractivity contribution in [1.82, 2.24) is 0 Å². The molecule has 13 heavy (non-hydrogen) atoms. The summed E-state index contributed by atoms with van der Waals surface area (Å²) in [6.45, 7) is 6.39. The Bertz CT molecular complexity index is 341. The molecule has 1 N–H and O–H groups in total. The Morgan fingerprint density at radius 3 is 2.69 bits per heavy atom. The van der Waals surface area contributed by atoms with Crippen molar-refractivity contribution >= 4 is 0 Å². The zero-order valence-corrected chi connectivity index (χ0v) is 8.46. The average molecular weight is 176 g/mol. The van der Waals surface area contributed by atoms with Crippen molar-refractivity contribution in [3.8, 4) is 0 Å². The van der Waals surface area contributed by atoms with E-state index in [0.29, 0.717) is 5.92 Å². The van der Waals surface area contributed by atoms with Crippen LogP contribution in [0.2, 0.25) is 0 Å². The predicted molar refractivity (Wildman–Crippen MR) is 53.7 cm³/mol. The van der Waals surface area contributed by atoms with Gasteiger partial charge in [0.15, 0.2) is 0 Å². The molecule has 0 heterocycles. The molecule has 0 radical (unpaired) electrons. The van der Waals surface area contributed by atoms with E-state index in [0.717, 1.165) is 12.0 Å². The van der Waals surface area contributed by atoms with Gasteiger partial charge >= 0.3 is 0 Å². The van der Waals surface area contributed by atoms with E-state index >= 15 is 0 Å². The molecule has 1 nitrogen and oxygen atoms in total. The quantitative estimate of drug-likeness (QED) is 0.644. The van der Waals surface area contributed by atoms with Gasteiger partial charge in [0.05, 0.1) is 6.10 Å². The van der Waals surface area contributed by atoms with Gasteiger partial charge in [-0.2, -0.15) is 0 Å². The number of hydrogen-bond donors (Lipinski definition) is 1. The van der Waals surface area contributed by atoms with Crippen LogP contribution in [-0.4, -0.2) is 5.11 Å². The van der Waals surface area contributed by atoms with Gasteiger partial charge in [-0.1, -0.05) is 19.1 Å². The number of aryl methyl sites for hydroxylation is 1. The minimum absolute atomic E-state index is 0.241. The lowest BCUT2D eigenvalue weighted by molar-refractivity contribution is 0.133. The van der Waals surface area contributed by atoms with Gasteiger partial charge in [-0.05, 0) is 48.4 Å². The lowest BCUT2D eigenvalue weighted by Crippen LogP contribution is -2.00. The molecule has 1 aromatic carbocycles. The van der Waals surface area contributed by atoms with Crippen molar-refractivity contribution in [2.24, 2.45) is 5.92 Å². The Kier molecular flexibility index (Phi) is 1.92. The molecule has 0 aliphatic heterocycles. The number of hydrogen-bond acceptors (Lipinski definition) is 1. The Labute approximate surface area is 79.4 Å². The van der Waals surface area contributed by atoms with Gasteiger partial charge in [-0.3, -0.25) is 0 Å². The highest BCUT2D eigenvalue weighted by atomic mass is 16.3. The molecule has 1 aliphatic rings. The highest BCUT2D eigenvalue weighted by Crippen LogP contribution is 2.37. The molecule has 70 valence electrons. The lowest BCUT2D eigenvalue weighted by atomic mass is 9.99. The first-order valence-electron chi connectivity index (χ1n) is 4.88. The zero-order valence-electron chi connectivity index (χ0n) is 8.46. The maximum absolute atomic E-state index is 9.87. The van der Waals surface area contributed by atoms with Crippen molar-refractivity contribution in [3.05, 3.63) is 34.4 Å². The van der Waals surface area contributed by atoms with Gasteiger partial charge in [-0.25, -0.2) is 0 Å². The summed E-state index contributed by atoms with van der Waals surface area (Å²) in [5, 5.41) is 9.87. The minimum Gasteiger partial charge on any atom is -0.388 e. The first-order valence-corrected chi connectivity index (χ1v) is 4.88. The van der Waals surface area contributed by atoms with Crippen molar-refractivity contribution in [3.63, 3.8) is 0 Å². The molecular weight excluding hydrogens is 160 g/mol. The number of rotatable bonds is 0. The van der Waals surface area contributed by atoms with E-state index in [9.17, 15) is 5.11 Å². The summed E-state index contributed by atoms with van der Waals surface area (Å²) < 4.78 is 0. The van der Waals surface area contributed by atoms with Crippen LogP contribution in [0.4, 0.5) is 0 Å². The summed E-state index contributed by atoms with van der Waals surface area (Å²) in [6.07, 6.45) is 0.790. The van der Waals surface area contributed by atoms with E-state index in [1.54, 1.807) is 0 Å². The van der Waals surface area contributed by atoms with Crippen LogP contribution in [0.15, 0.2) is 12.1 Å². The highest BCUT2D eigenvalue weighted by Gasteiger charge is 2.28. The Balaban J connectivity index is 2.57. The van der Waals surface area contributed by atoms with Crippen LogP contribution in [0.25, 0.3) is 0 Å². The van der Waals surface area contributed by atoms with Crippen LogP contribution < -0.4 is 0 Å². The molecule has 1 heteroatoms. The fourth-order valence-electron chi connectivity index (χ4n) is 2.18. The number of fused-ring (bicyclic) bond motifs is 1. The van der Waals surface area contributed by atoms with Crippen molar-refractivity contribution in [2.45, 2.75) is 33.3 Å². The van der Waals surface area contributed by atoms with Crippen LogP contribution in [0.3, 0.4) is 0 Å². The molecule has 2 atom stereocenters. The summed E-state index contributed by atoms with van der Waals surface area (Å²) in [5.74, 6) is 0.385. The Morgan fingerprint density at radius 2 is 2.00 bits per heavy atom. The van der Waals surface area contributed by atoms with Gasteiger partial charge in [0.2, 0.25) is 0 Å². The molecule has 0 spiro atoms. The van der Waals surface area contributed by atoms with Gasteiger partial charge in [0.25, 0.3) is 0 Å². The van der Waals surface area contributed by atoms with E-state index in [1.165, 1.54) is 16.7 Å². The van der Waals surface area contributed by atoms with Crippen molar-refractivity contribution in [1.29, 1.82) is 0 Å². The van der Waals surface area contributed by atoms with E-state index in [4.69, 9.17) is 0 Å². The van der Waals surface area contributed by atoms with E-state index in [-0.39, 0.29) is 6.10 Å². The minimum atomic E-state index is -0.241. The number of aliphatic hydroxyl groups excluding tert-OH is 1. The maximum atomic E-state index is 9.87. The zero-order chi connectivity index (χ0) is 9.59. The molecule has 2 rings (SSSR count). The first kappa shape index (κ1) is 8.76. The fourth-order valence-corrected chi connectivity index (χ4v) is 2.18. The molecule has 0 bridgehead atoms. The maximum Gasteiger partial charge on any atom is 0.0821 e. The second-order valence-corrected chi connectivity index (χ2v) is 4.20. The van der Waals surface area contributed by atoms with Gasteiger partial charge in [0.1, 0.15) is 0 Å². The molecule has 1 aromatic rings. The molecule has 0 aromatic heterocycles. The van der Waals surface area contributed by atoms with Crippen LogP contribution in [0, 0.1) is 19.8 Å². The predicted octanol–water partition coefficient (Wildman–Crippen LogP) is 2.53. The lowest BCUT2D eigenvalue weighted by Gasteiger charge is -2.09. The molecule has 0 saturated carbocycles. The first-order chi connectivity index (χ1) is 6.11. The molecule has 0 fully saturated rings. The van der Waals surface area contributed by atoms with Gasteiger partial charge < -0.3 is 5.11 Å². The van der Waals surface area contributed by atoms with E-state index in [1.807, 2.05) is 0 Å². The number of benzene rings is 1. The standard InChI is InChI=1S/C12H16O/c1-7-4-5-10-11(9(7)3)6-8(2)12(10)13/h4-5,8,12-13H,6H2,1-3H3. The molecule has 0 amide bonds. The third-order valence-electron chi connectivity index (χ3n) is 3.29. The second kappa shape index (κ2) is 2.85. The van der Waals surface area contributed by atoms with E-state index < -0.39 is 0 Å². The van der Waals surface area contributed by atoms with Crippen LogP contribution >= 0.6 is 0 Å². The second-order valence-electron chi connectivity index (χ2n) is 4.20. The SMILES string of the molecule is Cc1ccc2c(c1C)CC(C)C2O. The summed E-state index contributed by atoms with van der Waals surface area (Å²) in [5.41, 5.74) is 5.22. The molecule has 2 unspecified atom stereocenters. The third-order valence-corrected chi connectivity index (χ3v) is 3.29. The van der Waals surface area contributed by atoms with Crippen molar-refractivity contribution in [2.75, 3.05) is 0 Å².